The molecule has 6 heteroatoms. The Morgan fingerprint density at radius 1 is 1.05 bits per heavy atom. The van der Waals surface area contributed by atoms with Gasteiger partial charge in [-0.25, -0.2) is 4.39 Å². The van der Waals surface area contributed by atoms with E-state index >= 15 is 0 Å². The van der Waals surface area contributed by atoms with Crippen LogP contribution in [0.1, 0.15) is 0 Å². The van der Waals surface area contributed by atoms with Crippen molar-refractivity contribution in [2.24, 2.45) is 0 Å². The van der Waals surface area contributed by atoms with Gasteiger partial charge in [0.15, 0.2) is 0 Å². The number of methoxy groups -OCH3 is 2. The summed E-state index contributed by atoms with van der Waals surface area (Å²) in [5.74, 6) is 0.642. The number of anilines is 3. The van der Waals surface area contributed by atoms with Crippen LogP contribution in [0.25, 0.3) is 0 Å². The van der Waals surface area contributed by atoms with E-state index in [1.807, 2.05) is 0 Å². The van der Waals surface area contributed by atoms with Gasteiger partial charge in [-0.05, 0) is 24.3 Å². The molecule has 0 heterocycles. The zero-order valence-corrected chi connectivity index (χ0v) is 11.8. The number of nitrogens with two attached hydrogens (primary N) is 1. The van der Waals surface area contributed by atoms with Gasteiger partial charge in [-0.2, -0.15) is 0 Å². The molecule has 0 aliphatic heterocycles. The zero-order chi connectivity index (χ0) is 14.7. The third-order valence-electron chi connectivity index (χ3n) is 2.76. The van der Waals surface area contributed by atoms with Crippen molar-refractivity contribution in [2.75, 3.05) is 25.3 Å². The highest BCUT2D eigenvalue weighted by Crippen LogP contribution is 2.38. The van der Waals surface area contributed by atoms with Gasteiger partial charge in [-0.3, -0.25) is 0 Å². The van der Waals surface area contributed by atoms with Crippen molar-refractivity contribution in [3.8, 4) is 11.5 Å². The number of hydrogen-bond donors (Lipinski definition) is 2. The minimum absolute atomic E-state index is 0.291. The number of hydrogen-bond acceptors (Lipinski definition) is 4. The molecule has 2 aromatic rings. The third kappa shape index (κ3) is 2.88. The monoisotopic (exact) mass is 296 g/mol. The Bertz CT molecular complexity index is 635. The predicted octanol–water partition coefficient (Wildman–Crippen LogP) is 3.82. The molecule has 20 heavy (non-hydrogen) atoms. The zero-order valence-electron chi connectivity index (χ0n) is 11.0. The minimum atomic E-state index is -0.396. The summed E-state index contributed by atoms with van der Waals surface area (Å²) < 4.78 is 23.4. The maximum Gasteiger partial charge on any atom is 0.146 e. The van der Waals surface area contributed by atoms with Crippen molar-refractivity contribution in [1.82, 2.24) is 0 Å². The first-order valence-corrected chi connectivity index (χ1v) is 6.16. The summed E-state index contributed by atoms with van der Waals surface area (Å²) in [4.78, 5) is 0. The summed E-state index contributed by atoms with van der Waals surface area (Å²) >= 11 is 6.08. The van der Waals surface area contributed by atoms with E-state index < -0.39 is 5.82 Å². The lowest BCUT2D eigenvalue weighted by atomic mass is 10.2. The quantitative estimate of drug-likeness (QED) is 0.842. The number of nitrogens with one attached hydrogen (secondary N) is 1. The Morgan fingerprint density at radius 2 is 1.75 bits per heavy atom. The molecule has 0 fully saturated rings. The van der Waals surface area contributed by atoms with E-state index in [0.29, 0.717) is 33.6 Å². The first-order chi connectivity index (χ1) is 9.55. The van der Waals surface area contributed by atoms with Gasteiger partial charge in [0.25, 0.3) is 0 Å². The summed E-state index contributed by atoms with van der Waals surface area (Å²) in [7, 11) is 3.05. The molecule has 0 atom stereocenters. The van der Waals surface area contributed by atoms with Crippen LogP contribution in [0.2, 0.25) is 5.02 Å². The van der Waals surface area contributed by atoms with E-state index in [-0.39, 0.29) is 0 Å². The van der Waals surface area contributed by atoms with E-state index in [1.54, 1.807) is 18.2 Å². The summed E-state index contributed by atoms with van der Waals surface area (Å²) in [5.41, 5.74) is 7.21. The molecule has 0 amide bonds. The van der Waals surface area contributed by atoms with Crippen LogP contribution in [-0.4, -0.2) is 14.2 Å². The van der Waals surface area contributed by atoms with Gasteiger partial charge >= 0.3 is 0 Å². The molecule has 0 unspecified atom stereocenters. The first-order valence-electron chi connectivity index (χ1n) is 5.78. The molecule has 0 aliphatic rings. The second-order valence-electron chi connectivity index (χ2n) is 4.04. The van der Waals surface area contributed by atoms with Gasteiger partial charge < -0.3 is 20.5 Å². The SMILES string of the molecule is COc1cc(OC)c(Nc2ccc(F)cc2N)cc1Cl. The number of benzene rings is 2. The molecule has 0 spiro atoms. The first kappa shape index (κ1) is 14.3. The normalized spacial score (nSPS) is 10.2. The highest BCUT2D eigenvalue weighted by atomic mass is 35.5. The molecule has 0 radical (unpaired) electrons. The lowest BCUT2D eigenvalue weighted by Crippen LogP contribution is -1.99. The highest BCUT2D eigenvalue weighted by molar-refractivity contribution is 6.32. The third-order valence-corrected chi connectivity index (χ3v) is 3.05. The molecular weight excluding hydrogens is 283 g/mol. The number of halogens is 2. The molecule has 0 saturated heterocycles. The summed E-state index contributed by atoms with van der Waals surface area (Å²) in [6.07, 6.45) is 0. The fourth-order valence-electron chi connectivity index (χ4n) is 1.75. The Hall–Kier alpha value is -2.14. The summed E-state index contributed by atoms with van der Waals surface area (Å²) in [5, 5.41) is 3.48. The topological polar surface area (TPSA) is 56.5 Å². The average Bonchev–Trinajstić information content (AvgIpc) is 2.42. The molecule has 0 aromatic heterocycles. The lowest BCUT2D eigenvalue weighted by Gasteiger charge is -2.15. The van der Waals surface area contributed by atoms with E-state index in [1.165, 1.54) is 26.4 Å². The van der Waals surface area contributed by atoms with Crippen LogP contribution in [0.15, 0.2) is 30.3 Å². The van der Waals surface area contributed by atoms with Crippen molar-refractivity contribution in [3.63, 3.8) is 0 Å². The Labute approximate surface area is 121 Å². The highest BCUT2D eigenvalue weighted by Gasteiger charge is 2.11. The van der Waals surface area contributed by atoms with Crippen LogP contribution in [0, 0.1) is 5.82 Å². The van der Waals surface area contributed by atoms with Gasteiger partial charge in [0.05, 0.1) is 36.3 Å². The minimum Gasteiger partial charge on any atom is -0.495 e. The van der Waals surface area contributed by atoms with Crippen molar-refractivity contribution in [1.29, 1.82) is 0 Å². The van der Waals surface area contributed by atoms with Crippen LogP contribution in [0.5, 0.6) is 11.5 Å². The number of rotatable bonds is 4. The predicted molar refractivity (Wildman–Crippen MR) is 78.7 cm³/mol. The smallest absolute Gasteiger partial charge is 0.146 e. The van der Waals surface area contributed by atoms with Crippen LogP contribution in [-0.2, 0) is 0 Å². The van der Waals surface area contributed by atoms with Gasteiger partial charge in [-0.1, -0.05) is 11.6 Å². The average molecular weight is 297 g/mol. The molecule has 0 saturated carbocycles. The van der Waals surface area contributed by atoms with Crippen molar-refractivity contribution in [2.45, 2.75) is 0 Å². The second kappa shape index (κ2) is 5.88. The van der Waals surface area contributed by atoms with Crippen molar-refractivity contribution >= 4 is 28.7 Å². The van der Waals surface area contributed by atoms with E-state index in [9.17, 15) is 4.39 Å². The maximum absolute atomic E-state index is 13.0. The Kier molecular flexibility index (Phi) is 4.20. The van der Waals surface area contributed by atoms with Crippen LogP contribution in [0.3, 0.4) is 0 Å². The molecular formula is C14H14ClFN2O2. The largest absolute Gasteiger partial charge is 0.495 e. The molecule has 106 valence electrons. The maximum atomic E-state index is 13.0. The molecule has 2 rings (SSSR count). The second-order valence-corrected chi connectivity index (χ2v) is 4.45. The summed E-state index contributed by atoms with van der Waals surface area (Å²) in [6.45, 7) is 0. The molecule has 4 nitrogen and oxygen atoms in total. The van der Waals surface area contributed by atoms with Gasteiger partial charge in [0.1, 0.15) is 17.3 Å². The van der Waals surface area contributed by atoms with E-state index in [2.05, 4.69) is 5.32 Å². The van der Waals surface area contributed by atoms with Gasteiger partial charge in [0.2, 0.25) is 0 Å². The summed E-state index contributed by atoms with van der Waals surface area (Å²) in [6, 6.07) is 7.41. The van der Waals surface area contributed by atoms with Crippen LogP contribution in [0.4, 0.5) is 21.5 Å². The lowest BCUT2D eigenvalue weighted by molar-refractivity contribution is 0.396. The molecule has 0 bridgehead atoms. The Morgan fingerprint density at radius 3 is 2.35 bits per heavy atom. The number of nitrogen functional groups attached to an aromatic ring is 1. The fourth-order valence-corrected chi connectivity index (χ4v) is 1.99. The molecule has 0 aliphatic carbocycles. The van der Waals surface area contributed by atoms with Crippen molar-refractivity contribution < 1.29 is 13.9 Å². The van der Waals surface area contributed by atoms with E-state index in [0.717, 1.165) is 0 Å². The van der Waals surface area contributed by atoms with Crippen LogP contribution >= 0.6 is 11.6 Å². The standard InChI is InChI=1S/C14H14ClFN2O2/c1-19-13-7-14(20-2)12(6-9(13)15)18-11-4-3-8(16)5-10(11)17/h3-7,18H,17H2,1-2H3. The van der Waals surface area contributed by atoms with Gasteiger partial charge in [0, 0.05) is 6.07 Å². The van der Waals surface area contributed by atoms with Crippen molar-refractivity contribution in [3.05, 3.63) is 41.2 Å². The van der Waals surface area contributed by atoms with Crippen LogP contribution < -0.4 is 20.5 Å². The number of ether oxygens (including phenoxy) is 2. The Balaban J connectivity index is 2.40. The molecule has 3 N–H and O–H groups in total. The molecule has 2 aromatic carbocycles. The van der Waals surface area contributed by atoms with Gasteiger partial charge in [-0.15, -0.1) is 0 Å². The van der Waals surface area contributed by atoms with E-state index in [4.69, 9.17) is 26.8 Å². The fraction of sp³-hybridized carbons (Fsp3) is 0.143.